The zero-order chi connectivity index (χ0) is 8.24. The zero-order valence-corrected chi connectivity index (χ0v) is 11.3. The molecule has 1 aliphatic carbocycles. The summed E-state index contributed by atoms with van der Waals surface area (Å²) in [5.41, 5.74) is 0. The van der Waals surface area contributed by atoms with Gasteiger partial charge in [0.2, 0.25) is 0 Å². The quantitative estimate of drug-likeness (QED) is 0.594. The first kappa shape index (κ1) is 36.3. The van der Waals surface area contributed by atoms with Gasteiger partial charge in [-0.1, -0.05) is 38.5 Å². The first-order valence-electron chi connectivity index (χ1n) is 4.00. The third kappa shape index (κ3) is 36.0. The van der Waals surface area contributed by atoms with Crippen LogP contribution in [0.1, 0.15) is 38.5 Å². The summed E-state index contributed by atoms with van der Waals surface area (Å²) >= 11 is 0. The van der Waals surface area contributed by atoms with Gasteiger partial charge in [-0.25, -0.2) is 0 Å². The van der Waals surface area contributed by atoms with Crippen LogP contribution in [-0.4, -0.2) is 0 Å². The minimum atomic E-state index is 0. The Bertz CT molecular complexity index is 42.6. The fourth-order valence-corrected chi connectivity index (χ4v) is 1.06. The molecule has 0 amide bonds. The Kier molecular flexibility index (Phi) is 112. The molecule has 1 rings (SSSR count). The van der Waals surface area contributed by atoms with Crippen LogP contribution in [0.3, 0.4) is 0 Å². The maximum Gasteiger partial charge on any atom is 0 e. The standard InChI is InChI=1S/C6H12.2C2H4.4Ar/c1-2-4-6-5-3-1;2*1-2;;;;/h1-6H2;2*1-2H2;;;;. The smallest absolute Gasteiger partial charge is 0 e. The van der Waals surface area contributed by atoms with Crippen molar-refractivity contribution in [2.24, 2.45) is 0 Å². The predicted molar refractivity (Wildman–Crippen MR) is 50.2 cm³/mol. The molecule has 1 aliphatic rings. The van der Waals surface area contributed by atoms with Crippen molar-refractivity contribution in [1.82, 2.24) is 0 Å². The van der Waals surface area contributed by atoms with Gasteiger partial charge in [0.25, 0.3) is 0 Å². The maximum absolute atomic E-state index is 3.00. The molecular weight excluding hydrogens is 280 g/mol. The van der Waals surface area contributed by atoms with Crippen LogP contribution in [0, 0.1) is 151 Å². The second-order valence-electron chi connectivity index (χ2n) is 2.12. The average Bonchev–Trinajstić information content (AvgIpc) is 2.14. The summed E-state index contributed by atoms with van der Waals surface area (Å²) < 4.78 is 0. The van der Waals surface area contributed by atoms with Gasteiger partial charge in [0.15, 0.2) is 0 Å². The van der Waals surface area contributed by atoms with E-state index in [1.807, 2.05) is 0 Å². The number of hydrogen-bond donors (Lipinski definition) is 0. The molecule has 0 atom stereocenters. The molecule has 92 valence electrons. The summed E-state index contributed by atoms with van der Waals surface area (Å²) in [5, 5.41) is 0. The molecule has 0 saturated heterocycles. The summed E-state index contributed by atoms with van der Waals surface area (Å²) in [6.07, 6.45) is 9.00. The van der Waals surface area contributed by atoms with E-state index in [1.165, 1.54) is 38.5 Å². The van der Waals surface area contributed by atoms with E-state index in [9.17, 15) is 0 Å². The van der Waals surface area contributed by atoms with Gasteiger partial charge in [0.05, 0.1) is 0 Å². The van der Waals surface area contributed by atoms with Crippen molar-refractivity contribution in [3.05, 3.63) is 26.3 Å². The van der Waals surface area contributed by atoms with Crippen molar-refractivity contribution in [2.75, 3.05) is 0 Å². The molecule has 0 N–H and O–H groups in total. The van der Waals surface area contributed by atoms with Gasteiger partial charge in [-0.15, -0.1) is 26.3 Å². The fourth-order valence-electron chi connectivity index (χ4n) is 1.06. The van der Waals surface area contributed by atoms with Crippen molar-refractivity contribution in [3.8, 4) is 0 Å². The van der Waals surface area contributed by atoms with Crippen LogP contribution >= 0.6 is 0 Å². The van der Waals surface area contributed by atoms with Gasteiger partial charge in [-0.05, 0) is 0 Å². The van der Waals surface area contributed by atoms with Crippen LogP contribution in [0.4, 0.5) is 0 Å². The monoisotopic (exact) mass is 300 g/mol. The molecule has 0 radical (unpaired) electrons. The topological polar surface area (TPSA) is 0 Å². The molecule has 0 aromatic rings. The summed E-state index contributed by atoms with van der Waals surface area (Å²) in [7, 11) is 0. The molecule has 0 nitrogen and oxygen atoms in total. The molecular formula is C10H20Ar4. The second kappa shape index (κ2) is 43.2. The molecule has 0 spiro atoms. The van der Waals surface area contributed by atoms with Gasteiger partial charge in [-0.3, -0.25) is 0 Å². The molecule has 1 fully saturated rings. The predicted octanol–water partition coefficient (Wildman–Crippen LogP) is 3.95. The summed E-state index contributed by atoms with van der Waals surface area (Å²) in [6.45, 7) is 12.0. The average molecular weight is 300 g/mol. The van der Waals surface area contributed by atoms with Crippen molar-refractivity contribution in [2.45, 2.75) is 38.5 Å². The molecule has 0 aromatic carbocycles. The van der Waals surface area contributed by atoms with Gasteiger partial charge >= 0.3 is 0 Å². The minimum absolute atomic E-state index is 0. The third-order valence-corrected chi connectivity index (χ3v) is 1.50. The van der Waals surface area contributed by atoms with Gasteiger partial charge in [0.1, 0.15) is 0 Å². The molecule has 0 heterocycles. The largest absolute Gasteiger partial charge is 0.106 e. The maximum atomic E-state index is 3.00. The molecule has 0 aromatic heterocycles. The van der Waals surface area contributed by atoms with E-state index in [4.69, 9.17) is 0 Å². The first-order valence-corrected chi connectivity index (χ1v) is 4.00. The van der Waals surface area contributed by atoms with Gasteiger partial charge in [0, 0.05) is 151 Å². The van der Waals surface area contributed by atoms with Crippen LogP contribution < -0.4 is 0 Å². The van der Waals surface area contributed by atoms with E-state index in [0.717, 1.165) is 0 Å². The Balaban J connectivity index is -0.0000000183. The second-order valence-corrected chi connectivity index (χ2v) is 2.12. The molecule has 14 heavy (non-hydrogen) atoms. The Morgan fingerprint density at radius 3 is 0.500 bits per heavy atom. The van der Waals surface area contributed by atoms with Gasteiger partial charge in [-0.2, -0.15) is 0 Å². The first-order chi connectivity index (χ1) is 5.00. The molecule has 0 unspecified atom stereocenters. The number of rotatable bonds is 0. The summed E-state index contributed by atoms with van der Waals surface area (Å²) in [4.78, 5) is 0. The van der Waals surface area contributed by atoms with Crippen LogP contribution in [0.2, 0.25) is 0 Å². The molecule has 4 heteroatoms. The fraction of sp³-hybridized carbons (Fsp3) is 0.600. The van der Waals surface area contributed by atoms with Crippen molar-refractivity contribution in [1.29, 1.82) is 0 Å². The Morgan fingerprint density at radius 1 is 0.357 bits per heavy atom. The van der Waals surface area contributed by atoms with E-state index in [0.29, 0.717) is 0 Å². The number of hydrogen-bond acceptors (Lipinski definition) is 0. The van der Waals surface area contributed by atoms with Crippen LogP contribution in [0.15, 0.2) is 26.3 Å². The van der Waals surface area contributed by atoms with E-state index in [1.54, 1.807) is 0 Å². The van der Waals surface area contributed by atoms with E-state index in [-0.39, 0.29) is 151 Å². The minimum Gasteiger partial charge on any atom is -0.106 e. The Labute approximate surface area is 210 Å². The summed E-state index contributed by atoms with van der Waals surface area (Å²) in [5.74, 6) is 0. The summed E-state index contributed by atoms with van der Waals surface area (Å²) in [6, 6.07) is 0. The van der Waals surface area contributed by atoms with Crippen LogP contribution in [0.5, 0.6) is 0 Å². The van der Waals surface area contributed by atoms with E-state index in [2.05, 4.69) is 26.3 Å². The molecule has 0 bridgehead atoms. The normalized spacial score (nSPS) is 10.9. The van der Waals surface area contributed by atoms with Gasteiger partial charge < -0.3 is 0 Å². The Hall–Kier alpha value is 4.52. The molecule has 0 aliphatic heterocycles. The zero-order valence-electron chi connectivity index (χ0n) is 8.49. The van der Waals surface area contributed by atoms with Crippen molar-refractivity contribution in [3.63, 3.8) is 0 Å². The van der Waals surface area contributed by atoms with E-state index < -0.39 is 0 Å². The van der Waals surface area contributed by atoms with Crippen molar-refractivity contribution < 1.29 is 151 Å². The molecule has 1 saturated carbocycles. The Morgan fingerprint density at radius 2 is 0.429 bits per heavy atom. The van der Waals surface area contributed by atoms with Crippen LogP contribution in [0.25, 0.3) is 0 Å². The van der Waals surface area contributed by atoms with Crippen molar-refractivity contribution >= 4 is 0 Å². The van der Waals surface area contributed by atoms with E-state index >= 15 is 0 Å². The third-order valence-electron chi connectivity index (χ3n) is 1.50. The SMILES string of the molecule is C1CCCCC1.C=C.C=C.[Ar].[Ar].[Ar].[Ar]. The van der Waals surface area contributed by atoms with Crippen LogP contribution in [-0.2, 0) is 0 Å².